The second-order valence-electron chi connectivity index (χ2n) is 4.66. The summed E-state index contributed by atoms with van der Waals surface area (Å²) < 4.78 is 43.3. The van der Waals surface area contributed by atoms with Gasteiger partial charge in [0.05, 0.1) is 6.61 Å². The van der Waals surface area contributed by atoms with Crippen LogP contribution in [0.25, 0.3) is 0 Å². The number of aromatic nitrogens is 2. The number of nitrogens with zero attached hydrogens (tertiary/aromatic N) is 2. The van der Waals surface area contributed by atoms with Gasteiger partial charge in [-0.2, -0.15) is 13.2 Å². The summed E-state index contributed by atoms with van der Waals surface area (Å²) in [6.07, 6.45) is -3.75. The molecule has 2 rings (SSSR count). The van der Waals surface area contributed by atoms with Crippen molar-refractivity contribution in [1.82, 2.24) is 9.97 Å². The van der Waals surface area contributed by atoms with Gasteiger partial charge in [-0.25, -0.2) is 15.8 Å². The first-order chi connectivity index (χ1) is 9.40. The minimum Gasteiger partial charge on any atom is -0.381 e. The van der Waals surface area contributed by atoms with E-state index < -0.39 is 12.0 Å². The van der Waals surface area contributed by atoms with E-state index in [1.54, 1.807) is 0 Å². The van der Waals surface area contributed by atoms with Crippen LogP contribution in [0, 0.1) is 5.92 Å². The minimum absolute atomic E-state index is 0.0564. The number of hydrazine groups is 1. The molecule has 0 saturated carbocycles. The van der Waals surface area contributed by atoms with Gasteiger partial charge in [-0.15, -0.1) is 0 Å². The Hall–Kier alpha value is -1.61. The number of ether oxygens (including phenoxy) is 1. The number of nitrogens with two attached hydrogens (primary N) is 1. The highest BCUT2D eigenvalue weighted by atomic mass is 19.4. The maximum atomic E-state index is 12.7. The van der Waals surface area contributed by atoms with E-state index in [0.29, 0.717) is 13.2 Å². The normalized spacial score (nSPS) is 20.8. The molecule has 1 aromatic rings. The molecule has 0 aliphatic carbocycles. The Morgan fingerprint density at radius 2 is 2.10 bits per heavy atom. The van der Waals surface area contributed by atoms with Crippen molar-refractivity contribution in [2.45, 2.75) is 25.6 Å². The zero-order valence-corrected chi connectivity index (χ0v) is 10.9. The van der Waals surface area contributed by atoms with Crippen LogP contribution < -0.4 is 16.6 Å². The average molecular weight is 291 g/mol. The van der Waals surface area contributed by atoms with Crippen LogP contribution in [0.3, 0.4) is 0 Å². The molecular formula is C11H16F3N5O. The van der Waals surface area contributed by atoms with Gasteiger partial charge in [0.2, 0.25) is 5.82 Å². The molecule has 1 saturated heterocycles. The summed E-state index contributed by atoms with van der Waals surface area (Å²) in [6.45, 7) is 3.14. The molecule has 9 heteroatoms. The van der Waals surface area contributed by atoms with Gasteiger partial charge < -0.3 is 15.5 Å². The molecule has 1 aromatic heterocycles. The van der Waals surface area contributed by atoms with Gasteiger partial charge in [0, 0.05) is 24.6 Å². The van der Waals surface area contributed by atoms with E-state index in [0.717, 1.165) is 6.42 Å². The van der Waals surface area contributed by atoms with Gasteiger partial charge in [0.25, 0.3) is 0 Å². The topological polar surface area (TPSA) is 85.1 Å². The molecule has 2 heterocycles. The number of hydrogen-bond donors (Lipinski definition) is 3. The van der Waals surface area contributed by atoms with E-state index in [2.05, 4.69) is 20.7 Å². The van der Waals surface area contributed by atoms with E-state index >= 15 is 0 Å². The molecule has 0 aromatic carbocycles. The molecule has 0 bridgehead atoms. The Morgan fingerprint density at radius 1 is 1.40 bits per heavy atom. The van der Waals surface area contributed by atoms with Gasteiger partial charge in [0.1, 0.15) is 11.6 Å². The number of anilines is 2. The van der Waals surface area contributed by atoms with Crippen LogP contribution >= 0.6 is 0 Å². The molecule has 1 aliphatic heterocycles. The van der Waals surface area contributed by atoms with Crippen molar-refractivity contribution < 1.29 is 17.9 Å². The van der Waals surface area contributed by atoms with Gasteiger partial charge >= 0.3 is 6.18 Å². The SMILES string of the molecule is CC(Nc1cc(NN)nc(C(F)(F)F)n1)C1CCOC1. The second-order valence-corrected chi connectivity index (χ2v) is 4.66. The van der Waals surface area contributed by atoms with E-state index in [-0.39, 0.29) is 23.6 Å². The third kappa shape index (κ3) is 3.48. The lowest BCUT2D eigenvalue weighted by atomic mass is 10.0. The van der Waals surface area contributed by atoms with Crippen LogP contribution in [-0.2, 0) is 10.9 Å². The summed E-state index contributed by atoms with van der Waals surface area (Å²) in [4.78, 5) is 6.77. The fraction of sp³-hybridized carbons (Fsp3) is 0.636. The predicted molar refractivity (Wildman–Crippen MR) is 66.9 cm³/mol. The number of nitrogen functional groups attached to an aromatic ring is 1. The standard InChI is InChI=1S/C11H16F3N5O/c1-6(7-2-3-20-5-7)16-8-4-9(19-15)18-10(17-8)11(12,13)14/h4,6-7H,2-3,5,15H2,1H3,(H2,16,17,18,19). The molecule has 1 aliphatic rings. The van der Waals surface area contributed by atoms with E-state index in [1.165, 1.54) is 6.07 Å². The highest BCUT2D eigenvalue weighted by Crippen LogP contribution is 2.29. The van der Waals surface area contributed by atoms with Crippen molar-refractivity contribution >= 4 is 11.6 Å². The highest BCUT2D eigenvalue weighted by molar-refractivity contribution is 5.47. The first-order valence-corrected chi connectivity index (χ1v) is 6.17. The number of nitrogens with one attached hydrogen (secondary N) is 2. The molecule has 4 N–H and O–H groups in total. The first-order valence-electron chi connectivity index (χ1n) is 6.17. The van der Waals surface area contributed by atoms with Gasteiger partial charge in [-0.1, -0.05) is 0 Å². The molecular weight excluding hydrogens is 275 g/mol. The van der Waals surface area contributed by atoms with Crippen LogP contribution in [0.4, 0.5) is 24.8 Å². The van der Waals surface area contributed by atoms with E-state index in [1.807, 2.05) is 6.92 Å². The van der Waals surface area contributed by atoms with Crippen LogP contribution in [0.15, 0.2) is 6.07 Å². The van der Waals surface area contributed by atoms with E-state index in [9.17, 15) is 13.2 Å². The van der Waals surface area contributed by atoms with Crippen molar-refractivity contribution in [1.29, 1.82) is 0 Å². The summed E-state index contributed by atoms with van der Waals surface area (Å²) in [7, 11) is 0. The third-order valence-electron chi connectivity index (χ3n) is 3.18. The first kappa shape index (κ1) is 14.8. The molecule has 0 spiro atoms. The minimum atomic E-state index is -4.62. The number of alkyl halides is 3. The zero-order valence-electron chi connectivity index (χ0n) is 10.9. The summed E-state index contributed by atoms with van der Waals surface area (Å²) in [5.74, 6) is 4.13. The third-order valence-corrected chi connectivity index (χ3v) is 3.18. The van der Waals surface area contributed by atoms with Crippen molar-refractivity contribution in [3.63, 3.8) is 0 Å². The Labute approximate surface area is 113 Å². The summed E-state index contributed by atoms with van der Waals surface area (Å²) >= 11 is 0. The molecule has 2 atom stereocenters. The van der Waals surface area contributed by atoms with E-state index in [4.69, 9.17) is 10.6 Å². The van der Waals surface area contributed by atoms with Crippen LogP contribution in [0.2, 0.25) is 0 Å². The summed E-state index contributed by atoms with van der Waals surface area (Å²) in [5, 5.41) is 2.94. The van der Waals surface area contributed by atoms with Crippen molar-refractivity contribution in [3.05, 3.63) is 11.9 Å². The molecule has 112 valence electrons. The fourth-order valence-corrected chi connectivity index (χ4v) is 2.02. The van der Waals surface area contributed by atoms with Crippen molar-refractivity contribution in [2.75, 3.05) is 24.0 Å². The van der Waals surface area contributed by atoms with Gasteiger partial charge in [-0.3, -0.25) is 0 Å². The summed E-state index contributed by atoms with van der Waals surface area (Å²) in [5.41, 5.74) is 2.11. The van der Waals surface area contributed by atoms with Crippen LogP contribution in [-0.4, -0.2) is 29.2 Å². The highest BCUT2D eigenvalue weighted by Gasteiger charge is 2.35. The maximum Gasteiger partial charge on any atom is 0.451 e. The maximum absolute atomic E-state index is 12.7. The Kier molecular flexibility index (Phi) is 4.29. The summed E-state index contributed by atoms with van der Waals surface area (Å²) in [6, 6.07) is 1.28. The molecule has 2 unspecified atom stereocenters. The molecule has 20 heavy (non-hydrogen) atoms. The average Bonchev–Trinajstić information content (AvgIpc) is 2.91. The zero-order chi connectivity index (χ0) is 14.8. The Bertz CT molecular complexity index is 462. The quantitative estimate of drug-likeness (QED) is 0.577. The number of rotatable bonds is 4. The lowest BCUT2D eigenvalue weighted by Gasteiger charge is -2.20. The lowest BCUT2D eigenvalue weighted by molar-refractivity contribution is -0.144. The predicted octanol–water partition coefficient (Wildman–Crippen LogP) is 1.62. The van der Waals surface area contributed by atoms with Crippen LogP contribution in [0.1, 0.15) is 19.2 Å². The smallest absolute Gasteiger partial charge is 0.381 e. The Morgan fingerprint density at radius 3 is 2.65 bits per heavy atom. The molecule has 0 amide bonds. The number of halogens is 3. The Balaban J connectivity index is 2.17. The van der Waals surface area contributed by atoms with Crippen molar-refractivity contribution in [2.24, 2.45) is 11.8 Å². The number of hydrogen-bond acceptors (Lipinski definition) is 6. The second kappa shape index (κ2) is 5.80. The monoisotopic (exact) mass is 291 g/mol. The van der Waals surface area contributed by atoms with Gasteiger partial charge in [0.15, 0.2) is 0 Å². The lowest BCUT2D eigenvalue weighted by Crippen LogP contribution is -2.27. The molecule has 0 radical (unpaired) electrons. The molecule has 1 fully saturated rings. The van der Waals surface area contributed by atoms with Crippen LogP contribution in [0.5, 0.6) is 0 Å². The fourth-order valence-electron chi connectivity index (χ4n) is 2.02. The van der Waals surface area contributed by atoms with Gasteiger partial charge in [-0.05, 0) is 13.3 Å². The van der Waals surface area contributed by atoms with Crippen molar-refractivity contribution in [3.8, 4) is 0 Å². The molecule has 6 nitrogen and oxygen atoms in total. The largest absolute Gasteiger partial charge is 0.451 e.